The van der Waals surface area contributed by atoms with Crippen LogP contribution in [-0.2, 0) is 4.74 Å². The van der Waals surface area contributed by atoms with Gasteiger partial charge in [-0.25, -0.2) is 4.98 Å². The summed E-state index contributed by atoms with van der Waals surface area (Å²) in [6.07, 6.45) is 3.70. The van der Waals surface area contributed by atoms with Crippen molar-refractivity contribution in [1.82, 2.24) is 10.3 Å². The third kappa shape index (κ3) is 6.05. The van der Waals surface area contributed by atoms with E-state index in [1.165, 1.54) is 6.07 Å². The van der Waals surface area contributed by atoms with Crippen molar-refractivity contribution in [2.24, 2.45) is 0 Å². The van der Waals surface area contributed by atoms with E-state index in [1.807, 2.05) is 0 Å². The van der Waals surface area contributed by atoms with Crippen molar-refractivity contribution < 1.29 is 14.5 Å². The van der Waals surface area contributed by atoms with Crippen LogP contribution in [0, 0.1) is 10.1 Å². The minimum absolute atomic E-state index is 0.0358. The number of nitrogens with one attached hydrogen (secondary N) is 1. The Labute approximate surface area is 127 Å². The summed E-state index contributed by atoms with van der Waals surface area (Å²) in [5, 5.41) is 13.5. The second-order valence-corrected chi connectivity index (χ2v) is 4.74. The minimum Gasteiger partial charge on any atom is -0.381 e. The molecule has 0 aliphatic heterocycles. The Morgan fingerprint density at radius 1 is 1.48 bits per heavy atom. The molecule has 0 unspecified atom stereocenters. The first-order valence-electron chi connectivity index (χ1n) is 6.72. The van der Waals surface area contributed by atoms with E-state index in [0.717, 1.165) is 19.0 Å². The molecule has 0 aliphatic carbocycles. The van der Waals surface area contributed by atoms with Gasteiger partial charge in [-0.3, -0.25) is 14.9 Å². The van der Waals surface area contributed by atoms with Gasteiger partial charge in [-0.1, -0.05) is 24.9 Å². The van der Waals surface area contributed by atoms with E-state index in [-0.39, 0.29) is 16.4 Å². The van der Waals surface area contributed by atoms with E-state index in [1.54, 1.807) is 0 Å². The molecule has 0 saturated heterocycles. The Kier molecular flexibility index (Phi) is 7.63. The molecule has 0 radical (unpaired) electrons. The first kappa shape index (κ1) is 17.3. The lowest BCUT2D eigenvalue weighted by molar-refractivity contribution is -0.385. The molecule has 0 aliphatic rings. The molecule has 0 fully saturated rings. The highest BCUT2D eigenvalue weighted by atomic mass is 35.5. The molecular formula is C13H18ClN3O4. The molecule has 116 valence electrons. The molecular weight excluding hydrogens is 298 g/mol. The van der Waals surface area contributed by atoms with Gasteiger partial charge in [0.25, 0.3) is 11.6 Å². The lowest BCUT2D eigenvalue weighted by atomic mass is 10.2. The number of nitrogens with zero attached hydrogens (tertiary/aromatic N) is 2. The van der Waals surface area contributed by atoms with E-state index in [0.29, 0.717) is 26.2 Å². The van der Waals surface area contributed by atoms with Gasteiger partial charge in [0.05, 0.1) is 4.92 Å². The fraction of sp³-hybridized carbons (Fsp3) is 0.538. The summed E-state index contributed by atoms with van der Waals surface area (Å²) in [7, 11) is 0. The van der Waals surface area contributed by atoms with Crippen LogP contribution in [0.25, 0.3) is 0 Å². The molecule has 1 amide bonds. The lowest BCUT2D eigenvalue weighted by Crippen LogP contribution is -2.26. The van der Waals surface area contributed by atoms with Gasteiger partial charge in [0, 0.05) is 19.8 Å². The zero-order valence-electron chi connectivity index (χ0n) is 11.8. The number of carbonyl (C=O) groups is 1. The van der Waals surface area contributed by atoms with Gasteiger partial charge in [-0.2, -0.15) is 0 Å². The molecule has 0 aromatic carbocycles. The molecule has 1 aromatic heterocycles. The van der Waals surface area contributed by atoms with Crippen molar-refractivity contribution in [1.29, 1.82) is 0 Å². The summed E-state index contributed by atoms with van der Waals surface area (Å²) in [6, 6.07) is 1.19. The van der Waals surface area contributed by atoms with Gasteiger partial charge in [0.1, 0.15) is 16.9 Å². The van der Waals surface area contributed by atoms with E-state index in [9.17, 15) is 14.9 Å². The summed E-state index contributed by atoms with van der Waals surface area (Å²) in [4.78, 5) is 25.7. The van der Waals surface area contributed by atoms with Crippen LogP contribution in [0.3, 0.4) is 0 Å². The van der Waals surface area contributed by atoms with Gasteiger partial charge in [0.2, 0.25) is 0 Å². The number of hydrogen-bond donors (Lipinski definition) is 1. The van der Waals surface area contributed by atoms with Crippen LogP contribution in [0.5, 0.6) is 0 Å². The predicted molar refractivity (Wildman–Crippen MR) is 78.6 cm³/mol. The lowest BCUT2D eigenvalue weighted by Gasteiger charge is -2.06. The molecule has 1 rings (SSSR count). The third-order valence-corrected chi connectivity index (χ3v) is 2.89. The van der Waals surface area contributed by atoms with Crippen LogP contribution in [0.2, 0.25) is 5.15 Å². The molecule has 21 heavy (non-hydrogen) atoms. The number of hydrogen-bond acceptors (Lipinski definition) is 5. The maximum atomic E-state index is 11.9. The van der Waals surface area contributed by atoms with Crippen LogP contribution in [-0.4, -0.2) is 35.6 Å². The standard InChI is InChI=1S/C13H18ClN3O4/c1-2-3-6-21-7-4-5-15-13(18)10-8-12(14)16-9-11(10)17(19)20/h8-9H,2-7H2,1H3,(H,15,18). The van der Waals surface area contributed by atoms with Crippen molar-refractivity contribution in [3.8, 4) is 0 Å². The van der Waals surface area contributed by atoms with Crippen LogP contribution in [0.1, 0.15) is 36.5 Å². The molecule has 1 N–H and O–H groups in total. The fourth-order valence-electron chi connectivity index (χ4n) is 1.57. The van der Waals surface area contributed by atoms with E-state index in [4.69, 9.17) is 16.3 Å². The number of aromatic nitrogens is 1. The van der Waals surface area contributed by atoms with Crippen LogP contribution in [0.4, 0.5) is 5.69 Å². The average molecular weight is 316 g/mol. The van der Waals surface area contributed by atoms with Crippen molar-refractivity contribution in [3.63, 3.8) is 0 Å². The third-order valence-electron chi connectivity index (χ3n) is 2.68. The highest BCUT2D eigenvalue weighted by Crippen LogP contribution is 2.20. The van der Waals surface area contributed by atoms with Crippen molar-refractivity contribution in [3.05, 3.63) is 33.1 Å². The largest absolute Gasteiger partial charge is 0.381 e. The Morgan fingerprint density at radius 3 is 2.86 bits per heavy atom. The summed E-state index contributed by atoms with van der Waals surface area (Å²) < 4.78 is 5.35. The molecule has 7 nitrogen and oxygen atoms in total. The van der Waals surface area contributed by atoms with Gasteiger partial charge < -0.3 is 10.1 Å². The van der Waals surface area contributed by atoms with Crippen molar-refractivity contribution in [2.45, 2.75) is 26.2 Å². The Bertz CT molecular complexity index is 496. The number of halogens is 1. The molecule has 1 aromatic rings. The highest BCUT2D eigenvalue weighted by molar-refractivity contribution is 6.29. The van der Waals surface area contributed by atoms with Gasteiger partial charge >= 0.3 is 0 Å². The number of rotatable bonds is 9. The highest BCUT2D eigenvalue weighted by Gasteiger charge is 2.20. The summed E-state index contributed by atoms with van der Waals surface area (Å²) in [5.41, 5.74) is -0.456. The fourth-order valence-corrected chi connectivity index (χ4v) is 1.73. The molecule has 8 heteroatoms. The maximum Gasteiger partial charge on any atom is 0.300 e. The number of amides is 1. The first-order chi connectivity index (χ1) is 10.1. The summed E-state index contributed by atoms with van der Waals surface area (Å²) in [5.74, 6) is -0.542. The summed E-state index contributed by atoms with van der Waals surface area (Å²) >= 11 is 5.66. The van der Waals surface area contributed by atoms with Crippen LogP contribution < -0.4 is 5.32 Å². The number of pyridine rings is 1. The normalized spacial score (nSPS) is 10.4. The second-order valence-electron chi connectivity index (χ2n) is 4.36. The zero-order valence-corrected chi connectivity index (χ0v) is 12.6. The molecule has 0 spiro atoms. The van der Waals surface area contributed by atoms with Gasteiger partial charge in [0.15, 0.2) is 0 Å². The van der Waals surface area contributed by atoms with E-state index in [2.05, 4.69) is 17.2 Å². The average Bonchev–Trinajstić information content (AvgIpc) is 2.45. The number of nitro groups is 1. The quantitative estimate of drug-likeness (QED) is 0.327. The van der Waals surface area contributed by atoms with Crippen LogP contribution in [0.15, 0.2) is 12.3 Å². The van der Waals surface area contributed by atoms with E-state index >= 15 is 0 Å². The van der Waals surface area contributed by atoms with Gasteiger partial charge in [-0.15, -0.1) is 0 Å². The molecule has 0 saturated carbocycles. The number of ether oxygens (including phenoxy) is 1. The topological polar surface area (TPSA) is 94.4 Å². The first-order valence-corrected chi connectivity index (χ1v) is 7.10. The second kappa shape index (κ2) is 9.25. The van der Waals surface area contributed by atoms with Crippen molar-refractivity contribution >= 4 is 23.2 Å². The number of carbonyl (C=O) groups excluding carboxylic acids is 1. The zero-order chi connectivity index (χ0) is 15.7. The predicted octanol–water partition coefficient (Wildman–Crippen LogP) is 2.58. The maximum absolute atomic E-state index is 11.9. The monoisotopic (exact) mass is 315 g/mol. The Balaban J connectivity index is 2.45. The summed E-state index contributed by atoms with van der Waals surface area (Å²) in [6.45, 7) is 3.70. The Hall–Kier alpha value is -1.73. The SMILES string of the molecule is CCCCOCCCNC(=O)c1cc(Cl)ncc1[N+](=O)[O-]. The smallest absolute Gasteiger partial charge is 0.300 e. The Morgan fingerprint density at radius 2 is 2.19 bits per heavy atom. The molecule has 1 heterocycles. The van der Waals surface area contributed by atoms with E-state index < -0.39 is 10.8 Å². The molecule has 0 bridgehead atoms. The number of unbranched alkanes of at least 4 members (excludes halogenated alkanes) is 1. The molecule has 0 atom stereocenters. The van der Waals surface area contributed by atoms with Gasteiger partial charge in [-0.05, 0) is 18.9 Å². The minimum atomic E-state index is -0.661. The van der Waals surface area contributed by atoms with Crippen LogP contribution >= 0.6 is 11.6 Å². The van der Waals surface area contributed by atoms with Crippen molar-refractivity contribution in [2.75, 3.05) is 19.8 Å².